The SMILES string of the molecule is COC(=O)c1c(NC(=O)c2nc3nc(C)cc(C(F)F)n3n2)sc2c1CC[C@@H](C(C)(C)C)C2. The Labute approximate surface area is 193 Å². The number of aromatic nitrogens is 4. The number of thiophene rings is 1. The van der Waals surface area contributed by atoms with E-state index in [1.54, 1.807) is 6.92 Å². The average Bonchev–Trinajstić information content (AvgIpc) is 3.32. The van der Waals surface area contributed by atoms with Crippen LogP contribution in [0.25, 0.3) is 5.78 Å². The first-order chi connectivity index (χ1) is 15.5. The zero-order valence-corrected chi connectivity index (χ0v) is 19.8. The Bertz CT molecular complexity index is 1250. The summed E-state index contributed by atoms with van der Waals surface area (Å²) in [7, 11) is 1.29. The van der Waals surface area contributed by atoms with E-state index in [1.165, 1.54) is 24.5 Å². The molecule has 0 saturated heterocycles. The molecule has 11 heteroatoms. The number of hydrogen-bond acceptors (Lipinski definition) is 7. The second kappa shape index (κ2) is 8.44. The number of rotatable bonds is 4. The Morgan fingerprint density at radius 1 is 1.30 bits per heavy atom. The highest BCUT2D eigenvalue weighted by Crippen LogP contribution is 2.44. The number of carbonyl (C=O) groups is 2. The molecule has 0 bridgehead atoms. The minimum Gasteiger partial charge on any atom is -0.465 e. The van der Waals surface area contributed by atoms with E-state index in [9.17, 15) is 18.4 Å². The van der Waals surface area contributed by atoms with Gasteiger partial charge in [0.05, 0.1) is 12.7 Å². The number of amides is 1. The van der Waals surface area contributed by atoms with Gasteiger partial charge in [0.2, 0.25) is 5.82 Å². The Kier molecular flexibility index (Phi) is 5.94. The van der Waals surface area contributed by atoms with Crippen molar-refractivity contribution in [1.82, 2.24) is 19.6 Å². The van der Waals surface area contributed by atoms with Gasteiger partial charge in [0, 0.05) is 10.6 Å². The van der Waals surface area contributed by atoms with Crippen LogP contribution in [-0.4, -0.2) is 38.6 Å². The van der Waals surface area contributed by atoms with Gasteiger partial charge in [0.1, 0.15) is 10.7 Å². The van der Waals surface area contributed by atoms with Crippen LogP contribution < -0.4 is 5.32 Å². The van der Waals surface area contributed by atoms with Crippen LogP contribution in [0.5, 0.6) is 0 Å². The van der Waals surface area contributed by atoms with Crippen LogP contribution in [0.15, 0.2) is 6.07 Å². The summed E-state index contributed by atoms with van der Waals surface area (Å²) in [5.41, 5.74) is 1.28. The molecule has 1 amide bonds. The molecule has 1 aliphatic carbocycles. The molecule has 3 aromatic rings. The molecule has 3 heterocycles. The molecular weight excluding hydrogens is 452 g/mol. The first kappa shape index (κ1) is 23.2. The summed E-state index contributed by atoms with van der Waals surface area (Å²) in [6, 6.07) is 1.20. The zero-order valence-electron chi connectivity index (χ0n) is 19.0. The number of alkyl halides is 2. The van der Waals surface area contributed by atoms with Gasteiger partial charge in [-0.25, -0.2) is 18.6 Å². The second-order valence-corrected chi connectivity index (χ2v) is 10.3. The van der Waals surface area contributed by atoms with Crippen molar-refractivity contribution in [3.8, 4) is 0 Å². The van der Waals surface area contributed by atoms with Crippen molar-refractivity contribution in [3.63, 3.8) is 0 Å². The lowest BCUT2D eigenvalue weighted by molar-refractivity contribution is 0.0600. The largest absolute Gasteiger partial charge is 0.465 e. The van der Waals surface area contributed by atoms with Crippen LogP contribution in [0.1, 0.15) is 76.4 Å². The van der Waals surface area contributed by atoms with Gasteiger partial charge in [-0.05, 0) is 49.1 Å². The van der Waals surface area contributed by atoms with Crippen molar-refractivity contribution in [2.24, 2.45) is 11.3 Å². The standard InChI is InChI=1S/C22H25F2N5O3S/c1-10-8-13(16(23)24)29-21(25-10)26-17(28-29)18(30)27-19-15(20(31)32-5)12-7-6-11(22(2,3)4)9-14(12)33-19/h8,11,16H,6-7,9H2,1-5H3,(H,27,30)/t11-/m1/s1. The van der Waals surface area contributed by atoms with Crippen LogP contribution in [0.2, 0.25) is 0 Å². The predicted molar refractivity (Wildman–Crippen MR) is 119 cm³/mol. The van der Waals surface area contributed by atoms with Crippen LogP contribution in [0.4, 0.5) is 13.8 Å². The van der Waals surface area contributed by atoms with Gasteiger partial charge < -0.3 is 10.1 Å². The Hall–Kier alpha value is -2.95. The maximum Gasteiger partial charge on any atom is 0.341 e. The average molecular weight is 478 g/mol. The normalized spacial score (nSPS) is 16.2. The van der Waals surface area contributed by atoms with E-state index in [1.807, 2.05) is 0 Å². The summed E-state index contributed by atoms with van der Waals surface area (Å²) in [4.78, 5) is 34.6. The lowest BCUT2D eigenvalue weighted by Crippen LogP contribution is -2.26. The summed E-state index contributed by atoms with van der Waals surface area (Å²) in [6.07, 6.45) is -0.365. The molecular formula is C22H25F2N5O3S. The first-order valence-electron chi connectivity index (χ1n) is 10.6. The van der Waals surface area contributed by atoms with Gasteiger partial charge in [0.25, 0.3) is 18.1 Å². The Balaban J connectivity index is 1.69. The van der Waals surface area contributed by atoms with E-state index >= 15 is 0 Å². The molecule has 0 unspecified atom stereocenters. The van der Waals surface area contributed by atoms with Gasteiger partial charge in [-0.2, -0.15) is 9.50 Å². The van der Waals surface area contributed by atoms with E-state index in [0.717, 1.165) is 27.8 Å². The number of nitrogens with one attached hydrogen (secondary N) is 1. The molecule has 8 nitrogen and oxygen atoms in total. The van der Waals surface area contributed by atoms with Gasteiger partial charge in [0.15, 0.2) is 0 Å². The highest BCUT2D eigenvalue weighted by Gasteiger charge is 2.34. The van der Waals surface area contributed by atoms with E-state index in [2.05, 4.69) is 41.2 Å². The number of hydrogen-bond donors (Lipinski definition) is 1. The fourth-order valence-corrected chi connectivity index (χ4v) is 5.47. The molecule has 0 aliphatic heterocycles. The van der Waals surface area contributed by atoms with Gasteiger partial charge in [-0.15, -0.1) is 16.4 Å². The molecule has 1 N–H and O–H groups in total. The molecule has 1 aliphatic rings. The first-order valence-corrected chi connectivity index (χ1v) is 11.4. The molecule has 3 aromatic heterocycles. The lowest BCUT2D eigenvalue weighted by atomic mass is 9.72. The predicted octanol–water partition coefficient (Wildman–Crippen LogP) is 4.62. The molecule has 0 radical (unpaired) electrons. The van der Waals surface area contributed by atoms with Crippen molar-refractivity contribution in [3.05, 3.63) is 39.3 Å². The number of carbonyl (C=O) groups excluding carboxylic acids is 2. The van der Waals surface area contributed by atoms with Gasteiger partial charge in [-0.1, -0.05) is 20.8 Å². The van der Waals surface area contributed by atoms with Gasteiger partial charge >= 0.3 is 5.97 Å². The minimum atomic E-state index is -2.81. The maximum atomic E-state index is 13.4. The van der Waals surface area contributed by atoms with Crippen LogP contribution in [0, 0.1) is 18.3 Å². The molecule has 176 valence electrons. The number of methoxy groups -OCH3 is 1. The number of nitrogens with zero attached hydrogens (tertiary/aromatic N) is 4. The fourth-order valence-electron chi connectivity index (χ4n) is 4.16. The number of anilines is 1. The van der Waals surface area contributed by atoms with Crippen molar-refractivity contribution >= 4 is 34.0 Å². The molecule has 0 spiro atoms. The number of aryl methyl sites for hydroxylation is 1. The fraction of sp³-hybridized carbons (Fsp3) is 0.500. The van der Waals surface area contributed by atoms with E-state index in [0.29, 0.717) is 28.6 Å². The number of halogens is 2. The third-order valence-electron chi connectivity index (χ3n) is 6.00. The van der Waals surface area contributed by atoms with Crippen molar-refractivity contribution < 1.29 is 23.1 Å². The molecule has 1 atom stereocenters. The Morgan fingerprint density at radius 3 is 2.67 bits per heavy atom. The summed E-state index contributed by atoms with van der Waals surface area (Å²) in [5.74, 6) is -1.21. The molecule has 4 rings (SSSR count). The topological polar surface area (TPSA) is 98.5 Å². The maximum absolute atomic E-state index is 13.4. The minimum absolute atomic E-state index is 0.0952. The molecule has 0 aromatic carbocycles. The van der Waals surface area contributed by atoms with Crippen molar-refractivity contribution in [2.45, 2.75) is 53.4 Å². The highest BCUT2D eigenvalue weighted by atomic mass is 32.1. The third kappa shape index (κ3) is 4.33. The van der Waals surface area contributed by atoms with Gasteiger partial charge in [-0.3, -0.25) is 4.79 Å². The monoisotopic (exact) mass is 477 g/mol. The molecule has 0 saturated carbocycles. The van der Waals surface area contributed by atoms with E-state index in [-0.39, 0.29) is 17.0 Å². The van der Waals surface area contributed by atoms with Crippen LogP contribution in [0.3, 0.4) is 0 Å². The van der Waals surface area contributed by atoms with Crippen LogP contribution in [-0.2, 0) is 17.6 Å². The van der Waals surface area contributed by atoms with Crippen molar-refractivity contribution in [1.29, 1.82) is 0 Å². The molecule has 33 heavy (non-hydrogen) atoms. The number of ether oxygens (including phenoxy) is 1. The third-order valence-corrected chi connectivity index (χ3v) is 7.17. The summed E-state index contributed by atoms with van der Waals surface area (Å²) < 4.78 is 32.6. The molecule has 0 fully saturated rings. The smallest absolute Gasteiger partial charge is 0.341 e. The quantitative estimate of drug-likeness (QED) is 0.551. The summed E-state index contributed by atoms with van der Waals surface area (Å²) in [5, 5.41) is 6.98. The number of fused-ring (bicyclic) bond motifs is 2. The van der Waals surface area contributed by atoms with E-state index < -0.39 is 24.0 Å². The van der Waals surface area contributed by atoms with Crippen LogP contribution >= 0.6 is 11.3 Å². The summed E-state index contributed by atoms with van der Waals surface area (Å²) >= 11 is 1.34. The highest BCUT2D eigenvalue weighted by molar-refractivity contribution is 7.17. The van der Waals surface area contributed by atoms with E-state index in [4.69, 9.17) is 4.74 Å². The Morgan fingerprint density at radius 2 is 2.03 bits per heavy atom. The summed E-state index contributed by atoms with van der Waals surface area (Å²) in [6.45, 7) is 8.14. The second-order valence-electron chi connectivity index (χ2n) is 9.23. The number of esters is 1. The zero-order chi connectivity index (χ0) is 24.1. The lowest BCUT2D eigenvalue weighted by Gasteiger charge is -2.33. The van der Waals surface area contributed by atoms with Crippen molar-refractivity contribution in [2.75, 3.05) is 12.4 Å².